The molecule has 2 aromatic carbocycles. The number of anilines is 3. The van der Waals surface area contributed by atoms with E-state index in [0.29, 0.717) is 11.7 Å². The highest BCUT2D eigenvalue weighted by Crippen LogP contribution is 2.36. The predicted octanol–water partition coefficient (Wildman–Crippen LogP) is 3.88. The Kier molecular flexibility index (Phi) is 6.04. The molecule has 0 fully saturated rings. The third-order valence-corrected chi connectivity index (χ3v) is 6.18. The summed E-state index contributed by atoms with van der Waals surface area (Å²) < 4.78 is 20.9. The van der Waals surface area contributed by atoms with Crippen LogP contribution in [0.5, 0.6) is 5.75 Å². The fraction of sp³-hybridized carbons (Fsp3) is 0.280. The van der Waals surface area contributed by atoms with Crippen LogP contribution >= 0.6 is 0 Å². The summed E-state index contributed by atoms with van der Waals surface area (Å²) in [5.74, 6) is 2.37. The van der Waals surface area contributed by atoms with Gasteiger partial charge in [0.05, 0.1) is 12.8 Å². The topological polar surface area (TPSA) is 93.0 Å². The van der Waals surface area contributed by atoms with Crippen molar-refractivity contribution in [3.63, 3.8) is 0 Å². The summed E-state index contributed by atoms with van der Waals surface area (Å²) in [6, 6.07) is 12.4. The van der Waals surface area contributed by atoms with Gasteiger partial charge in [-0.3, -0.25) is 0 Å². The van der Waals surface area contributed by atoms with Crippen molar-refractivity contribution < 1.29 is 9.13 Å². The molecule has 0 radical (unpaired) electrons. The van der Waals surface area contributed by atoms with E-state index < -0.39 is 0 Å². The number of hydrogen-bond donors (Lipinski definition) is 2. The number of nitrogens with zero attached hydrogens (tertiary/aromatic N) is 6. The number of ether oxygens (including phenoxy) is 1. The van der Waals surface area contributed by atoms with Crippen LogP contribution in [0.1, 0.15) is 28.6 Å². The average Bonchev–Trinajstić information content (AvgIpc) is 3.29. The first-order valence-corrected chi connectivity index (χ1v) is 11.3. The maximum Gasteiger partial charge on any atom is 0.229 e. The van der Waals surface area contributed by atoms with Crippen LogP contribution in [0.15, 0.2) is 48.8 Å². The smallest absolute Gasteiger partial charge is 0.229 e. The predicted molar refractivity (Wildman–Crippen MR) is 132 cm³/mol. The molecule has 0 aliphatic carbocycles. The second-order valence-corrected chi connectivity index (χ2v) is 8.54. The molecular formula is C25H27FN8O. The molecule has 2 N–H and O–H groups in total. The third kappa shape index (κ3) is 4.40. The van der Waals surface area contributed by atoms with E-state index in [1.165, 1.54) is 18.5 Å². The lowest BCUT2D eigenvalue weighted by atomic mass is 9.89. The Morgan fingerprint density at radius 1 is 1.11 bits per heavy atom. The van der Waals surface area contributed by atoms with Crippen LogP contribution in [-0.2, 0) is 6.54 Å². The van der Waals surface area contributed by atoms with Gasteiger partial charge in [-0.15, -0.1) is 0 Å². The van der Waals surface area contributed by atoms with E-state index in [9.17, 15) is 4.39 Å². The Morgan fingerprint density at radius 2 is 1.91 bits per heavy atom. The fourth-order valence-electron chi connectivity index (χ4n) is 4.49. The molecule has 35 heavy (non-hydrogen) atoms. The Morgan fingerprint density at radius 3 is 2.60 bits per heavy atom. The van der Waals surface area contributed by atoms with Gasteiger partial charge in [-0.1, -0.05) is 12.1 Å². The molecule has 0 bridgehead atoms. The van der Waals surface area contributed by atoms with Gasteiger partial charge in [-0.25, -0.2) is 19.0 Å². The Bertz CT molecular complexity index is 1350. The third-order valence-electron chi connectivity index (χ3n) is 6.18. The number of rotatable bonds is 6. The van der Waals surface area contributed by atoms with Crippen LogP contribution in [0.25, 0.3) is 5.69 Å². The standard InChI is InChI=1S/C25H27FN8O/c1-15-28-14-29-34(15)21-10-9-18(11-22(21)35-4)30-25-31-23-19(16-5-7-17(26)8-6-16)12-33(3)13-20(23)24(27-2)32-25/h5-11,14,19H,12-13H2,1-4H3,(H2,27,30,31,32). The van der Waals surface area contributed by atoms with Crippen LogP contribution < -0.4 is 15.4 Å². The Hall–Kier alpha value is -4.05. The zero-order chi connectivity index (χ0) is 24.5. The minimum Gasteiger partial charge on any atom is -0.494 e. The van der Waals surface area contributed by atoms with Gasteiger partial charge in [0.25, 0.3) is 0 Å². The number of fused-ring (bicyclic) bond motifs is 1. The normalized spacial score (nSPS) is 15.5. The number of aromatic nitrogens is 5. The van der Waals surface area contributed by atoms with E-state index >= 15 is 0 Å². The molecule has 2 aromatic heterocycles. The van der Waals surface area contributed by atoms with Crippen LogP contribution in [-0.4, -0.2) is 57.4 Å². The Labute approximate surface area is 203 Å². The maximum atomic E-state index is 13.6. The van der Waals surface area contributed by atoms with E-state index in [0.717, 1.165) is 52.9 Å². The number of methoxy groups -OCH3 is 1. The van der Waals surface area contributed by atoms with Gasteiger partial charge in [0.15, 0.2) is 0 Å². The molecule has 0 saturated heterocycles. The lowest BCUT2D eigenvalue weighted by Gasteiger charge is -2.32. The van der Waals surface area contributed by atoms with E-state index in [1.807, 2.05) is 44.3 Å². The zero-order valence-corrected chi connectivity index (χ0v) is 20.1. The SMILES string of the molecule is CNc1nc(Nc2ccc(-n3ncnc3C)c(OC)c2)nc2c1CN(C)CC2c1ccc(F)cc1. The minimum absolute atomic E-state index is 0.00722. The molecular weight excluding hydrogens is 447 g/mol. The summed E-state index contributed by atoms with van der Waals surface area (Å²) in [6.45, 7) is 3.38. The van der Waals surface area contributed by atoms with E-state index in [-0.39, 0.29) is 11.7 Å². The van der Waals surface area contributed by atoms with Gasteiger partial charge >= 0.3 is 0 Å². The highest BCUT2D eigenvalue weighted by molar-refractivity contribution is 5.64. The number of aryl methyl sites for hydroxylation is 1. The molecule has 0 amide bonds. The summed E-state index contributed by atoms with van der Waals surface area (Å²) in [5.41, 5.74) is 4.54. The van der Waals surface area contributed by atoms with Crippen molar-refractivity contribution in [3.8, 4) is 11.4 Å². The van der Waals surface area contributed by atoms with Crippen molar-refractivity contribution in [1.29, 1.82) is 0 Å². The van der Waals surface area contributed by atoms with Crippen LogP contribution in [0.4, 0.5) is 21.8 Å². The van der Waals surface area contributed by atoms with Crippen LogP contribution in [0.3, 0.4) is 0 Å². The highest BCUT2D eigenvalue weighted by atomic mass is 19.1. The lowest BCUT2D eigenvalue weighted by Crippen LogP contribution is -2.33. The monoisotopic (exact) mass is 474 g/mol. The van der Waals surface area contributed by atoms with E-state index in [1.54, 1.807) is 11.8 Å². The number of nitrogens with one attached hydrogen (secondary N) is 2. The molecule has 1 atom stereocenters. The largest absolute Gasteiger partial charge is 0.494 e. The van der Waals surface area contributed by atoms with Gasteiger partial charge in [0, 0.05) is 43.4 Å². The second kappa shape index (κ2) is 9.30. The average molecular weight is 475 g/mol. The summed E-state index contributed by atoms with van der Waals surface area (Å²) in [4.78, 5) is 16.1. The highest BCUT2D eigenvalue weighted by Gasteiger charge is 2.29. The molecule has 1 aliphatic heterocycles. The van der Waals surface area contributed by atoms with E-state index in [2.05, 4.69) is 32.7 Å². The number of likely N-dealkylation sites (N-methyl/N-ethyl adjacent to an activating group) is 1. The first-order valence-electron chi connectivity index (χ1n) is 11.3. The van der Waals surface area contributed by atoms with Crippen LogP contribution in [0, 0.1) is 12.7 Å². The van der Waals surface area contributed by atoms with Gasteiger partial charge in [-0.05, 0) is 43.8 Å². The quantitative estimate of drug-likeness (QED) is 0.435. The number of hydrogen-bond acceptors (Lipinski definition) is 8. The first kappa shape index (κ1) is 22.7. The molecule has 0 spiro atoms. The fourth-order valence-corrected chi connectivity index (χ4v) is 4.49. The molecule has 10 heteroatoms. The Balaban J connectivity index is 1.52. The molecule has 0 saturated carbocycles. The first-order chi connectivity index (χ1) is 17.0. The maximum absolute atomic E-state index is 13.6. The molecule has 3 heterocycles. The van der Waals surface area contributed by atoms with Crippen molar-refractivity contribution in [2.24, 2.45) is 0 Å². The van der Waals surface area contributed by atoms with Crippen molar-refractivity contribution >= 4 is 17.5 Å². The molecule has 180 valence electrons. The summed E-state index contributed by atoms with van der Waals surface area (Å²) in [5, 5.41) is 10.8. The summed E-state index contributed by atoms with van der Waals surface area (Å²) in [6.07, 6.45) is 1.51. The van der Waals surface area contributed by atoms with Crippen LogP contribution in [0.2, 0.25) is 0 Å². The van der Waals surface area contributed by atoms with Gasteiger partial charge in [0.1, 0.15) is 35.2 Å². The molecule has 4 aromatic rings. The zero-order valence-electron chi connectivity index (χ0n) is 20.1. The van der Waals surface area contributed by atoms with Gasteiger partial charge in [0.2, 0.25) is 5.95 Å². The van der Waals surface area contributed by atoms with Crippen molar-refractivity contribution in [3.05, 3.63) is 77.3 Å². The van der Waals surface area contributed by atoms with E-state index in [4.69, 9.17) is 14.7 Å². The molecule has 5 rings (SSSR count). The van der Waals surface area contributed by atoms with Gasteiger partial charge < -0.3 is 20.3 Å². The molecule has 1 aliphatic rings. The van der Waals surface area contributed by atoms with Crippen molar-refractivity contribution in [1.82, 2.24) is 29.6 Å². The number of halogens is 1. The summed E-state index contributed by atoms with van der Waals surface area (Å²) >= 11 is 0. The van der Waals surface area contributed by atoms with Crippen molar-refractivity contribution in [2.45, 2.75) is 19.4 Å². The molecule has 1 unspecified atom stereocenters. The van der Waals surface area contributed by atoms with Crippen molar-refractivity contribution in [2.75, 3.05) is 38.4 Å². The lowest BCUT2D eigenvalue weighted by molar-refractivity contribution is 0.291. The molecule has 9 nitrogen and oxygen atoms in total. The van der Waals surface area contributed by atoms with Gasteiger partial charge in [-0.2, -0.15) is 10.1 Å². The minimum atomic E-state index is -0.252. The second-order valence-electron chi connectivity index (χ2n) is 8.54. The summed E-state index contributed by atoms with van der Waals surface area (Å²) in [7, 11) is 5.54. The number of benzene rings is 2.